The molecule has 2 amide bonds. The number of nitriles is 1. The van der Waals surface area contributed by atoms with Crippen molar-refractivity contribution in [3.8, 4) is 17.6 Å². The van der Waals surface area contributed by atoms with Gasteiger partial charge >= 0.3 is 5.97 Å². The normalized spacial score (nSPS) is 24.9. The maximum Gasteiger partial charge on any atom is 0.312 e. The van der Waals surface area contributed by atoms with Gasteiger partial charge in [0.15, 0.2) is 0 Å². The Morgan fingerprint density at radius 2 is 1.73 bits per heavy atom. The predicted octanol–water partition coefficient (Wildman–Crippen LogP) is 7.80. The minimum absolute atomic E-state index is 0.00231. The van der Waals surface area contributed by atoms with Gasteiger partial charge in [-0.2, -0.15) is 5.26 Å². The number of hydrogen-bond acceptors (Lipinski definition) is 7. The van der Waals surface area contributed by atoms with E-state index in [1.807, 2.05) is 55.5 Å². The Labute approximate surface area is 307 Å². The lowest BCUT2D eigenvalue weighted by molar-refractivity contribution is -0.159. The number of carbonyl (C=O) groups excluding carboxylic acids is 3. The van der Waals surface area contributed by atoms with Crippen LogP contribution in [0, 0.1) is 34.0 Å². The molecule has 9 heteroatoms. The summed E-state index contributed by atoms with van der Waals surface area (Å²) in [7, 11) is 1.46. The summed E-state index contributed by atoms with van der Waals surface area (Å²) >= 11 is 0. The van der Waals surface area contributed by atoms with Gasteiger partial charge in [0.25, 0.3) is 5.91 Å². The number of benzene rings is 3. The van der Waals surface area contributed by atoms with E-state index in [1.165, 1.54) is 19.6 Å². The predicted molar refractivity (Wildman–Crippen MR) is 200 cm³/mol. The third kappa shape index (κ3) is 7.96. The third-order valence-electron chi connectivity index (χ3n) is 11.7. The Balaban J connectivity index is 1.11. The average Bonchev–Trinajstić information content (AvgIpc) is 3.15. The van der Waals surface area contributed by atoms with Gasteiger partial charge in [0, 0.05) is 18.7 Å². The van der Waals surface area contributed by atoms with Crippen LogP contribution in [0.2, 0.25) is 0 Å². The summed E-state index contributed by atoms with van der Waals surface area (Å²) in [5.74, 6) is -0.516. The van der Waals surface area contributed by atoms with Crippen LogP contribution in [0.4, 0.5) is 0 Å². The topological polar surface area (TPSA) is 127 Å². The van der Waals surface area contributed by atoms with Crippen molar-refractivity contribution in [2.45, 2.75) is 97.3 Å². The van der Waals surface area contributed by atoms with Crippen molar-refractivity contribution in [3.05, 3.63) is 83.4 Å². The Morgan fingerprint density at radius 1 is 0.981 bits per heavy atom. The van der Waals surface area contributed by atoms with E-state index in [0.29, 0.717) is 44.4 Å². The summed E-state index contributed by atoms with van der Waals surface area (Å²) in [6.07, 6.45) is 10.9. The van der Waals surface area contributed by atoms with Crippen molar-refractivity contribution in [3.63, 3.8) is 0 Å². The van der Waals surface area contributed by atoms with Crippen LogP contribution in [-0.2, 0) is 20.9 Å². The number of esters is 1. The Kier molecular flexibility index (Phi) is 11.2. The number of hydrogen-bond donors (Lipinski definition) is 2. The SMILES string of the molecule is CC[C@@H]1C=CC[C@@H](NC(=O)c2cc(OC3CCC(C)(C(=O)OCc4cccc5ccccc45)CC3)c(C#N)cc2OC)[C@H]1C(=O)NCC1(C)CCC1. The number of rotatable bonds is 12. The van der Waals surface area contributed by atoms with E-state index < -0.39 is 23.3 Å². The lowest BCUT2D eigenvalue weighted by Crippen LogP contribution is -2.52. The van der Waals surface area contributed by atoms with E-state index in [9.17, 15) is 19.6 Å². The maximum atomic E-state index is 13.9. The first-order chi connectivity index (χ1) is 25.1. The molecule has 3 aliphatic rings. The highest BCUT2D eigenvalue weighted by Crippen LogP contribution is 2.41. The molecule has 3 aliphatic carbocycles. The summed E-state index contributed by atoms with van der Waals surface area (Å²) in [5, 5.41) is 18.5. The zero-order chi connectivity index (χ0) is 36.9. The molecule has 0 unspecified atom stereocenters. The maximum absolute atomic E-state index is 13.9. The van der Waals surface area contributed by atoms with E-state index in [4.69, 9.17) is 14.2 Å². The largest absolute Gasteiger partial charge is 0.496 e. The Bertz CT molecular complexity index is 1860. The Morgan fingerprint density at radius 3 is 2.42 bits per heavy atom. The van der Waals surface area contributed by atoms with Gasteiger partial charge in [-0.1, -0.05) is 74.9 Å². The van der Waals surface area contributed by atoms with Crippen LogP contribution in [0.1, 0.15) is 100 Å². The molecule has 0 spiro atoms. The molecule has 0 bridgehead atoms. The smallest absolute Gasteiger partial charge is 0.312 e. The second-order valence-corrected chi connectivity index (χ2v) is 15.5. The zero-order valence-corrected chi connectivity index (χ0v) is 30.8. The zero-order valence-electron chi connectivity index (χ0n) is 30.8. The van der Waals surface area contributed by atoms with Crippen LogP contribution < -0.4 is 20.1 Å². The van der Waals surface area contributed by atoms with Crippen molar-refractivity contribution < 1.29 is 28.6 Å². The number of fused-ring (bicyclic) bond motifs is 1. The molecule has 2 saturated carbocycles. The number of methoxy groups -OCH3 is 1. The monoisotopic (exact) mass is 705 g/mol. The Hall–Kier alpha value is -4.84. The highest BCUT2D eigenvalue weighted by molar-refractivity contribution is 5.98. The van der Waals surface area contributed by atoms with E-state index in [-0.39, 0.29) is 52.8 Å². The van der Waals surface area contributed by atoms with Crippen LogP contribution in [0.25, 0.3) is 10.8 Å². The number of nitrogens with zero attached hydrogens (tertiary/aromatic N) is 1. The minimum atomic E-state index is -0.656. The third-order valence-corrected chi connectivity index (χ3v) is 11.7. The first-order valence-corrected chi connectivity index (χ1v) is 18.7. The van der Waals surface area contributed by atoms with E-state index in [1.54, 1.807) is 6.07 Å². The van der Waals surface area contributed by atoms with Crippen LogP contribution >= 0.6 is 0 Å². The number of ether oxygens (including phenoxy) is 3. The van der Waals surface area contributed by atoms with Gasteiger partial charge in [0.1, 0.15) is 24.2 Å². The quantitative estimate of drug-likeness (QED) is 0.145. The lowest BCUT2D eigenvalue weighted by Gasteiger charge is -2.40. The molecule has 2 N–H and O–H groups in total. The molecule has 52 heavy (non-hydrogen) atoms. The summed E-state index contributed by atoms with van der Waals surface area (Å²) in [4.78, 5) is 40.9. The van der Waals surface area contributed by atoms with E-state index in [0.717, 1.165) is 35.6 Å². The van der Waals surface area contributed by atoms with E-state index >= 15 is 0 Å². The van der Waals surface area contributed by atoms with Gasteiger partial charge in [-0.05, 0) is 92.0 Å². The van der Waals surface area contributed by atoms with Crippen LogP contribution in [0.5, 0.6) is 11.5 Å². The lowest BCUT2D eigenvalue weighted by atomic mass is 9.70. The van der Waals surface area contributed by atoms with Crippen molar-refractivity contribution >= 4 is 28.6 Å². The number of carbonyl (C=O) groups is 3. The van der Waals surface area contributed by atoms with Gasteiger partial charge in [-0.3, -0.25) is 14.4 Å². The second-order valence-electron chi connectivity index (χ2n) is 15.5. The second kappa shape index (κ2) is 15.8. The first kappa shape index (κ1) is 36.9. The fourth-order valence-corrected chi connectivity index (χ4v) is 8.06. The minimum Gasteiger partial charge on any atom is -0.496 e. The molecule has 3 aromatic rings. The fourth-order valence-electron chi connectivity index (χ4n) is 8.06. The van der Waals surface area contributed by atoms with Crippen molar-refractivity contribution in [1.29, 1.82) is 5.26 Å². The molecule has 0 aliphatic heterocycles. The molecule has 0 heterocycles. The summed E-state index contributed by atoms with van der Waals surface area (Å²) in [5.41, 5.74) is 0.947. The summed E-state index contributed by atoms with van der Waals surface area (Å²) < 4.78 is 17.8. The molecular weight excluding hydrogens is 654 g/mol. The molecular formula is C43H51N3O6. The van der Waals surface area contributed by atoms with Crippen LogP contribution in [-0.4, -0.2) is 43.6 Å². The molecule has 0 aromatic heterocycles. The van der Waals surface area contributed by atoms with Gasteiger partial charge in [0.2, 0.25) is 5.91 Å². The number of allylic oxidation sites excluding steroid dienone is 1. The molecule has 3 aromatic carbocycles. The number of amides is 2. The van der Waals surface area contributed by atoms with Crippen molar-refractivity contribution in [2.75, 3.05) is 13.7 Å². The number of nitrogens with one attached hydrogen (secondary N) is 2. The summed E-state index contributed by atoms with van der Waals surface area (Å²) in [6, 6.07) is 18.9. The van der Waals surface area contributed by atoms with Gasteiger partial charge < -0.3 is 24.8 Å². The molecule has 6 rings (SSSR count). The molecule has 3 atom stereocenters. The molecule has 0 saturated heterocycles. The van der Waals surface area contributed by atoms with Gasteiger partial charge in [-0.15, -0.1) is 0 Å². The molecule has 2 fully saturated rings. The van der Waals surface area contributed by atoms with Crippen LogP contribution in [0.3, 0.4) is 0 Å². The molecule has 0 radical (unpaired) electrons. The highest BCUT2D eigenvalue weighted by Gasteiger charge is 2.41. The molecule has 9 nitrogen and oxygen atoms in total. The highest BCUT2D eigenvalue weighted by atomic mass is 16.5. The van der Waals surface area contributed by atoms with Crippen LogP contribution in [0.15, 0.2) is 66.7 Å². The molecule has 274 valence electrons. The fraction of sp³-hybridized carbons (Fsp3) is 0.488. The summed E-state index contributed by atoms with van der Waals surface area (Å²) in [6.45, 7) is 7.05. The van der Waals surface area contributed by atoms with Crippen molar-refractivity contribution in [1.82, 2.24) is 10.6 Å². The average molecular weight is 706 g/mol. The van der Waals surface area contributed by atoms with Gasteiger partial charge in [0.05, 0.1) is 35.7 Å². The first-order valence-electron chi connectivity index (χ1n) is 18.7. The van der Waals surface area contributed by atoms with Gasteiger partial charge in [-0.25, -0.2) is 0 Å². The van der Waals surface area contributed by atoms with Crippen molar-refractivity contribution in [2.24, 2.45) is 22.7 Å². The van der Waals surface area contributed by atoms with E-state index in [2.05, 4.69) is 36.6 Å². The standard InChI is InChI=1S/C43H51N3O6/c1-5-28-12-9-16-35(38(28)40(48)45-27-42(2)19-10-20-42)46-39(47)34-24-36(31(25-44)23-37(34)50-4)52-32-17-21-43(3,22-18-32)41(49)51-26-30-14-8-13-29-11-6-7-15-33(29)30/h6-9,11-15,23-24,28,32,35,38H,5,10,16-22,26-27H2,1-4H3,(H,45,48)(H,46,47)/t28-,32?,35-,38+,43?/m1/s1.